The Bertz CT molecular complexity index is 609. The van der Waals surface area contributed by atoms with Gasteiger partial charge in [-0.15, -0.1) is 0 Å². The van der Waals surface area contributed by atoms with E-state index in [2.05, 4.69) is 50.5 Å². The third kappa shape index (κ3) is 7.89. The van der Waals surface area contributed by atoms with Crippen LogP contribution in [0.15, 0.2) is 33.7 Å². The van der Waals surface area contributed by atoms with Crippen LogP contribution in [-0.2, 0) is 11.3 Å². The Balaban J connectivity index is 1.95. The summed E-state index contributed by atoms with van der Waals surface area (Å²) < 4.78 is 1.06. The second kappa shape index (κ2) is 11.3. The highest BCUT2D eigenvalue weighted by Gasteiger charge is 2.19. The molecular formula is C20H32BrN5O. The van der Waals surface area contributed by atoms with Gasteiger partial charge >= 0.3 is 0 Å². The first-order valence-corrected chi connectivity index (χ1v) is 10.5. The lowest BCUT2D eigenvalue weighted by atomic mass is 10.1. The van der Waals surface area contributed by atoms with Crippen molar-refractivity contribution in [3.8, 4) is 0 Å². The minimum absolute atomic E-state index is 0.0332. The molecule has 1 aliphatic heterocycles. The molecule has 0 aliphatic carbocycles. The van der Waals surface area contributed by atoms with E-state index in [9.17, 15) is 4.79 Å². The Morgan fingerprint density at radius 2 is 1.93 bits per heavy atom. The first kappa shape index (κ1) is 21.7. The van der Waals surface area contributed by atoms with Gasteiger partial charge < -0.3 is 20.4 Å². The van der Waals surface area contributed by atoms with Gasteiger partial charge in [-0.2, -0.15) is 0 Å². The minimum atomic E-state index is 0.0332. The summed E-state index contributed by atoms with van der Waals surface area (Å²) in [6.45, 7) is 6.45. The van der Waals surface area contributed by atoms with E-state index in [-0.39, 0.29) is 12.5 Å². The molecule has 1 aromatic rings. The van der Waals surface area contributed by atoms with Crippen LogP contribution >= 0.6 is 15.9 Å². The Labute approximate surface area is 171 Å². The standard InChI is InChI=1S/C20H32BrN5O/c1-4-11-26-12-9-18(10-13-26)24-20(23-15-19(27)25(2)3)22-14-16-5-7-17(21)8-6-16/h5-8,18H,4,9-15H2,1-3H3,(H2,22,23,24). The van der Waals surface area contributed by atoms with E-state index in [4.69, 9.17) is 4.99 Å². The van der Waals surface area contributed by atoms with Crippen molar-refractivity contribution in [2.24, 2.45) is 4.99 Å². The number of carbonyl (C=O) groups is 1. The molecule has 1 aliphatic rings. The maximum absolute atomic E-state index is 11.9. The van der Waals surface area contributed by atoms with Crippen LogP contribution in [0, 0.1) is 0 Å². The highest BCUT2D eigenvalue weighted by molar-refractivity contribution is 9.10. The number of hydrogen-bond acceptors (Lipinski definition) is 3. The normalized spacial score (nSPS) is 16.2. The van der Waals surface area contributed by atoms with Crippen LogP contribution in [0.5, 0.6) is 0 Å². The van der Waals surface area contributed by atoms with Crippen LogP contribution in [-0.4, -0.2) is 68.0 Å². The lowest BCUT2D eigenvalue weighted by Gasteiger charge is -2.32. The third-order valence-corrected chi connectivity index (χ3v) is 5.24. The summed E-state index contributed by atoms with van der Waals surface area (Å²) in [5.74, 6) is 0.743. The van der Waals surface area contributed by atoms with Crippen molar-refractivity contribution in [3.05, 3.63) is 34.3 Å². The molecule has 0 saturated carbocycles. The van der Waals surface area contributed by atoms with Crippen molar-refractivity contribution < 1.29 is 4.79 Å². The third-order valence-electron chi connectivity index (χ3n) is 4.71. The van der Waals surface area contributed by atoms with Gasteiger partial charge in [-0.3, -0.25) is 4.79 Å². The maximum atomic E-state index is 11.9. The molecule has 0 spiro atoms. The van der Waals surface area contributed by atoms with Crippen LogP contribution in [0.25, 0.3) is 0 Å². The maximum Gasteiger partial charge on any atom is 0.241 e. The van der Waals surface area contributed by atoms with Gasteiger partial charge in [0.05, 0.1) is 13.1 Å². The average molecular weight is 438 g/mol. The number of hydrogen-bond donors (Lipinski definition) is 2. The quantitative estimate of drug-likeness (QED) is 0.507. The van der Waals surface area contributed by atoms with Gasteiger partial charge in [0.2, 0.25) is 5.91 Å². The van der Waals surface area contributed by atoms with Crippen molar-refractivity contribution in [2.75, 3.05) is 40.3 Å². The van der Waals surface area contributed by atoms with Gasteiger partial charge in [0, 0.05) is 37.7 Å². The molecule has 2 N–H and O–H groups in total. The van der Waals surface area contributed by atoms with Crippen LogP contribution in [0.3, 0.4) is 0 Å². The van der Waals surface area contributed by atoms with Gasteiger partial charge in [-0.05, 0) is 43.5 Å². The molecule has 1 saturated heterocycles. The Morgan fingerprint density at radius 3 is 2.52 bits per heavy atom. The van der Waals surface area contributed by atoms with Crippen LogP contribution in [0.2, 0.25) is 0 Å². The van der Waals surface area contributed by atoms with E-state index in [0.29, 0.717) is 18.5 Å². The number of carbonyl (C=O) groups excluding carboxylic acids is 1. The number of aliphatic imine (C=N–C) groups is 1. The molecule has 0 unspecified atom stereocenters. The number of piperidine rings is 1. The molecule has 1 heterocycles. The van der Waals surface area contributed by atoms with Gasteiger partial charge in [0.1, 0.15) is 0 Å². The van der Waals surface area contributed by atoms with Crippen LogP contribution in [0.1, 0.15) is 31.7 Å². The minimum Gasteiger partial charge on any atom is -0.354 e. The molecule has 1 fully saturated rings. The number of nitrogens with zero attached hydrogens (tertiary/aromatic N) is 3. The van der Waals surface area contributed by atoms with E-state index in [1.807, 2.05) is 12.1 Å². The summed E-state index contributed by atoms with van der Waals surface area (Å²) in [5, 5.41) is 6.72. The zero-order valence-electron chi connectivity index (χ0n) is 16.7. The number of likely N-dealkylation sites (tertiary alicyclic amines) is 1. The predicted molar refractivity (Wildman–Crippen MR) is 115 cm³/mol. The number of amides is 1. The molecule has 150 valence electrons. The van der Waals surface area contributed by atoms with Gasteiger partial charge in [0.25, 0.3) is 0 Å². The SMILES string of the molecule is CCCN1CCC(NC(=NCc2ccc(Br)cc2)NCC(=O)N(C)C)CC1. The molecule has 0 radical (unpaired) electrons. The first-order valence-electron chi connectivity index (χ1n) is 9.69. The fourth-order valence-corrected chi connectivity index (χ4v) is 3.31. The molecule has 0 bridgehead atoms. The lowest BCUT2D eigenvalue weighted by Crippen LogP contribution is -2.50. The van der Waals surface area contributed by atoms with Gasteiger partial charge in [-0.25, -0.2) is 4.99 Å². The van der Waals surface area contributed by atoms with Crippen molar-refractivity contribution in [3.63, 3.8) is 0 Å². The zero-order chi connectivity index (χ0) is 19.6. The second-order valence-electron chi connectivity index (χ2n) is 7.19. The highest BCUT2D eigenvalue weighted by Crippen LogP contribution is 2.12. The number of rotatable bonds is 7. The molecule has 2 rings (SSSR count). The molecule has 0 atom stereocenters. The Hall–Kier alpha value is -1.60. The van der Waals surface area contributed by atoms with Crippen molar-refractivity contribution in [1.29, 1.82) is 0 Å². The highest BCUT2D eigenvalue weighted by atomic mass is 79.9. The first-order chi connectivity index (χ1) is 13.0. The summed E-state index contributed by atoms with van der Waals surface area (Å²) >= 11 is 3.45. The molecule has 6 nitrogen and oxygen atoms in total. The van der Waals surface area contributed by atoms with E-state index in [1.165, 1.54) is 13.0 Å². The van der Waals surface area contributed by atoms with E-state index in [0.717, 1.165) is 36.0 Å². The molecule has 1 amide bonds. The summed E-state index contributed by atoms with van der Waals surface area (Å²) in [6.07, 6.45) is 3.40. The summed E-state index contributed by atoms with van der Waals surface area (Å²) in [6, 6.07) is 8.54. The number of benzene rings is 1. The average Bonchev–Trinajstić information content (AvgIpc) is 2.66. The fourth-order valence-electron chi connectivity index (χ4n) is 3.04. The van der Waals surface area contributed by atoms with Crippen molar-refractivity contribution in [2.45, 2.75) is 38.8 Å². The van der Waals surface area contributed by atoms with E-state index in [1.54, 1.807) is 19.0 Å². The summed E-state index contributed by atoms with van der Waals surface area (Å²) in [5.41, 5.74) is 1.14. The molecule has 7 heteroatoms. The largest absolute Gasteiger partial charge is 0.354 e. The van der Waals surface area contributed by atoms with Gasteiger partial charge in [-0.1, -0.05) is 35.0 Å². The second-order valence-corrected chi connectivity index (χ2v) is 8.11. The number of nitrogens with one attached hydrogen (secondary N) is 2. The zero-order valence-corrected chi connectivity index (χ0v) is 18.3. The van der Waals surface area contributed by atoms with Crippen molar-refractivity contribution >= 4 is 27.8 Å². The van der Waals surface area contributed by atoms with Gasteiger partial charge in [0.15, 0.2) is 5.96 Å². The molecule has 27 heavy (non-hydrogen) atoms. The molecular weight excluding hydrogens is 406 g/mol. The number of halogens is 1. The van der Waals surface area contributed by atoms with Crippen molar-refractivity contribution in [1.82, 2.24) is 20.4 Å². The molecule has 1 aromatic carbocycles. The Kier molecular flexibility index (Phi) is 9.07. The summed E-state index contributed by atoms with van der Waals surface area (Å²) in [7, 11) is 3.53. The molecule has 0 aromatic heterocycles. The summed E-state index contributed by atoms with van der Waals surface area (Å²) in [4.78, 5) is 20.7. The number of likely N-dealkylation sites (N-methyl/N-ethyl adjacent to an activating group) is 1. The smallest absolute Gasteiger partial charge is 0.241 e. The Morgan fingerprint density at radius 1 is 1.26 bits per heavy atom. The van der Waals surface area contributed by atoms with E-state index < -0.39 is 0 Å². The fraction of sp³-hybridized carbons (Fsp3) is 0.600. The number of guanidine groups is 1. The van der Waals surface area contributed by atoms with Crippen LogP contribution < -0.4 is 10.6 Å². The van der Waals surface area contributed by atoms with E-state index >= 15 is 0 Å². The predicted octanol–water partition coefficient (Wildman–Crippen LogP) is 2.45. The lowest BCUT2D eigenvalue weighted by molar-refractivity contribution is -0.127. The monoisotopic (exact) mass is 437 g/mol. The topological polar surface area (TPSA) is 60.0 Å². The van der Waals surface area contributed by atoms with Crippen LogP contribution in [0.4, 0.5) is 0 Å².